The van der Waals surface area contributed by atoms with Gasteiger partial charge in [-0.3, -0.25) is 0 Å². The minimum atomic E-state index is 1.03. The van der Waals surface area contributed by atoms with Crippen LogP contribution in [0.25, 0.3) is 10.8 Å². The number of quaternary nitrogens is 1. The fourth-order valence-corrected chi connectivity index (χ4v) is 2.37. The normalized spacial score (nSPS) is 12.0. The van der Waals surface area contributed by atoms with Gasteiger partial charge < -0.3 is 4.48 Å². The van der Waals surface area contributed by atoms with Gasteiger partial charge in [-0.15, -0.1) is 0 Å². The Bertz CT molecular complexity index is 538. The van der Waals surface area contributed by atoms with Crippen molar-refractivity contribution in [1.82, 2.24) is 0 Å². The van der Waals surface area contributed by atoms with Crippen molar-refractivity contribution in [2.75, 3.05) is 27.7 Å². The first kappa shape index (κ1) is 13.0. The average Bonchev–Trinajstić information content (AvgIpc) is 2.31. The van der Waals surface area contributed by atoms with E-state index in [0.717, 1.165) is 11.0 Å². The average molecular weight is 244 g/mol. The molecule has 2 rings (SSSR count). The minimum absolute atomic E-state index is 1.03. The molecule has 0 fully saturated rings. The summed E-state index contributed by atoms with van der Waals surface area (Å²) < 4.78 is 3.41. The number of fused-ring (bicyclic) bond motifs is 1. The summed E-state index contributed by atoms with van der Waals surface area (Å²) in [5, 5.41) is 2.70. The summed E-state index contributed by atoms with van der Waals surface area (Å²) in [6.45, 7) is 4.53. The van der Waals surface area contributed by atoms with Crippen molar-refractivity contribution in [2.45, 2.75) is 19.9 Å². The molecule has 0 aliphatic heterocycles. The monoisotopic (exact) mass is 244 g/mol. The molecule has 0 N–H and O–H groups in total. The number of aromatic nitrogens is 1. The second-order valence-corrected chi connectivity index (χ2v) is 6.05. The summed E-state index contributed by atoms with van der Waals surface area (Å²) >= 11 is 0. The highest BCUT2D eigenvalue weighted by atomic mass is 15.3. The van der Waals surface area contributed by atoms with Crippen molar-refractivity contribution >= 4 is 10.8 Å². The Morgan fingerprint density at radius 3 is 2.50 bits per heavy atom. The zero-order chi connectivity index (χ0) is 13.2. The van der Waals surface area contributed by atoms with Gasteiger partial charge in [0, 0.05) is 18.4 Å². The number of rotatable bonds is 4. The molecule has 0 radical (unpaired) electrons. The van der Waals surface area contributed by atoms with E-state index < -0.39 is 0 Å². The van der Waals surface area contributed by atoms with Crippen molar-refractivity contribution in [3.8, 4) is 0 Å². The highest BCUT2D eigenvalue weighted by Crippen LogP contribution is 2.14. The fourth-order valence-electron chi connectivity index (χ4n) is 2.37. The van der Waals surface area contributed by atoms with E-state index in [9.17, 15) is 0 Å². The van der Waals surface area contributed by atoms with Gasteiger partial charge in [-0.2, -0.15) is 0 Å². The third-order valence-electron chi connectivity index (χ3n) is 3.44. The molecule has 0 aliphatic rings. The van der Waals surface area contributed by atoms with Crippen molar-refractivity contribution in [3.63, 3.8) is 0 Å². The van der Waals surface area contributed by atoms with Crippen LogP contribution < -0.4 is 4.57 Å². The maximum Gasteiger partial charge on any atom is 0.186 e. The van der Waals surface area contributed by atoms with Crippen LogP contribution in [0.15, 0.2) is 36.5 Å². The maximum absolute atomic E-state index is 2.37. The Balaban J connectivity index is 2.17. The fraction of sp³-hybridized carbons (Fsp3) is 0.438. The molecule has 0 aliphatic carbocycles. The topological polar surface area (TPSA) is 3.88 Å². The molecule has 18 heavy (non-hydrogen) atoms. The first-order valence-corrected chi connectivity index (χ1v) is 6.66. The lowest BCUT2D eigenvalue weighted by Crippen LogP contribution is -2.41. The molecule has 0 unspecified atom stereocenters. The van der Waals surface area contributed by atoms with E-state index in [1.807, 2.05) is 0 Å². The predicted octanol–water partition coefficient (Wildman–Crippen LogP) is 2.53. The van der Waals surface area contributed by atoms with Crippen LogP contribution in [-0.2, 0) is 6.54 Å². The van der Waals surface area contributed by atoms with E-state index in [2.05, 4.69) is 69.2 Å². The lowest BCUT2D eigenvalue weighted by atomic mass is 10.1. The van der Waals surface area contributed by atoms with Gasteiger partial charge in [0.2, 0.25) is 0 Å². The van der Waals surface area contributed by atoms with Crippen molar-refractivity contribution < 1.29 is 9.05 Å². The van der Waals surface area contributed by atoms with Gasteiger partial charge in [0.25, 0.3) is 0 Å². The van der Waals surface area contributed by atoms with Gasteiger partial charge >= 0.3 is 0 Å². The second-order valence-electron chi connectivity index (χ2n) is 6.05. The Kier molecular flexibility index (Phi) is 3.67. The van der Waals surface area contributed by atoms with E-state index >= 15 is 0 Å². The molecule has 0 saturated carbocycles. The summed E-state index contributed by atoms with van der Waals surface area (Å²) in [4.78, 5) is 0. The molecule has 1 aromatic heterocycles. The van der Waals surface area contributed by atoms with Gasteiger partial charge in [0.15, 0.2) is 18.4 Å². The molecule has 0 spiro atoms. The Labute approximate surface area is 110 Å². The van der Waals surface area contributed by atoms with E-state index in [1.165, 1.54) is 29.4 Å². The van der Waals surface area contributed by atoms with E-state index in [1.54, 1.807) is 0 Å². The Hall–Kier alpha value is -1.41. The zero-order valence-electron chi connectivity index (χ0n) is 12.0. The summed E-state index contributed by atoms with van der Waals surface area (Å²) in [7, 11) is 6.74. The van der Waals surface area contributed by atoms with Gasteiger partial charge in [-0.1, -0.05) is 18.2 Å². The molecular weight excluding hydrogens is 220 g/mol. The molecule has 2 nitrogen and oxygen atoms in total. The highest BCUT2D eigenvalue weighted by molar-refractivity contribution is 5.83. The van der Waals surface area contributed by atoms with Crippen LogP contribution in [-0.4, -0.2) is 32.2 Å². The molecule has 2 aromatic rings. The molecule has 0 saturated heterocycles. The van der Waals surface area contributed by atoms with Gasteiger partial charge in [-0.25, -0.2) is 4.57 Å². The molecule has 0 amide bonds. The van der Waals surface area contributed by atoms with Crippen molar-refractivity contribution in [2.24, 2.45) is 0 Å². The molecule has 96 valence electrons. The number of benzene rings is 1. The van der Waals surface area contributed by atoms with Crippen LogP contribution >= 0.6 is 0 Å². The first-order valence-electron chi connectivity index (χ1n) is 6.66. The number of hydrogen-bond donors (Lipinski definition) is 0. The van der Waals surface area contributed by atoms with E-state index in [0.29, 0.717) is 0 Å². The summed E-state index contributed by atoms with van der Waals surface area (Å²) in [5.41, 5.74) is 1.37. The third kappa shape index (κ3) is 3.08. The van der Waals surface area contributed by atoms with Crippen LogP contribution in [0.4, 0.5) is 0 Å². The molecule has 1 heterocycles. The largest absolute Gasteiger partial charge is 0.331 e. The molecule has 1 aromatic carbocycles. The summed E-state index contributed by atoms with van der Waals surface area (Å²) in [5.74, 6) is 0. The number of nitrogens with zero attached hydrogens (tertiary/aromatic N) is 2. The van der Waals surface area contributed by atoms with Crippen LogP contribution in [0.5, 0.6) is 0 Å². The van der Waals surface area contributed by atoms with Crippen molar-refractivity contribution in [1.29, 1.82) is 0 Å². The van der Waals surface area contributed by atoms with Crippen molar-refractivity contribution in [3.05, 3.63) is 42.2 Å². The predicted molar refractivity (Wildman–Crippen MR) is 76.4 cm³/mol. The second kappa shape index (κ2) is 5.07. The quantitative estimate of drug-likeness (QED) is 0.575. The van der Waals surface area contributed by atoms with Crippen LogP contribution in [0.3, 0.4) is 0 Å². The molecule has 2 heteroatoms. The maximum atomic E-state index is 2.37. The number of pyridine rings is 1. The Morgan fingerprint density at radius 2 is 1.78 bits per heavy atom. The van der Waals surface area contributed by atoms with E-state index in [-0.39, 0.29) is 0 Å². The number of hydrogen-bond acceptors (Lipinski definition) is 0. The third-order valence-corrected chi connectivity index (χ3v) is 3.44. The SMILES string of the molecule is Cc1c2ccccc2cc[n+]1CCC[N+](C)(C)C. The lowest BCUT2D eigenvalue weighted by Gasteiger charge is -2.23. The minimum Gasteiger partial charge on any atom is -0.331 e. The summed E-state index contributed by atoms with van der Waals surface area (Å²) in [6.07, 6.45) is 3.43. The summed E-state index contributed by atoms with van der Waals surface area (Å²) in [6, 6.07) is 10.8. The van der Waals surface area contributed by atoms with Crippen LogP contribution in [0.2, 0.25) is 0 Å². The van der Waals surface area contributed by atoms with Gasteiger partial charge in [0.05, 0.1) is 34.1 Å². The smallest absolute Gasteiger partial charge is 0.186 e. The standard InChI is InChI=1S/C16H24N2/c1-14-16-9-6-5-8-15(16)10-12-17(14)11-7-13-18(2,3)4/h5-6,8-10,12H,7,11,13H2,1-4H3/q+2. The zero-order valence-corrected chi connectivity index (χ0v) is 12.0. The van der Waals surface area contributed by atoms with E-state index in [4.69, 9.17) is 0 Å². The lowest BCUT2D eigenvalue weighted by molar-refractivity contribution is -0.873. The first-order chi connectivity index (χ1) is 8.47. The number of aryl methyl sites for hydroxylation is 2. The molecule has 0 atom stereocenters. The molecule has 0 bridgehead atoms. The Morgan fingerprint density at radius 1 is 1.06 bits per heavy atom. The van der Waals surface area contributed by atoms with Crippen LogP contribution in [0.1, 0.15) is 12.1 Å². The highest BCUT2D eigenvalue weighted by Gasteiger charge is 2.12. The van der Waals surface area contributed by atoms with Crippen LogP contribution in [0, 0.1) is 6.92 Å². The van der Waals surface area contributed by atoms with Gasteiger partial charge in [-0.05, 0) is 11.5 Å². The van der Waals surface area contributed by atoms with Gasteiger partial charge in [0.1, 0.15) is 0 Å². The molecular formula is C16H24N2+2.